The highest BCUT2D eigenvalue weighted by atomic mass is 32.3. The van der Waals surface area contributed by atoms with Crippen LogP contribution in [0.4, 0.5) is 39.5 Å². The first-order chi connectivity index (χ1) is 18.7. The van der Waals surface area contributed by atoms with Crippen LogP contribution in [0.15, 0.2) is 24.3 Å². The number of hydrogen-bond acceptors (Lipinski definition) is 10. The van der Waals surface area contributed by atoms with Gasteiger partial charge >= 0.3 is 48.1 Å². The molecule has 250 valence electrons. The molecule has 0 aliphatic heterocycles. The van der Waals surface area contributed by atoms with Gasteiger partial charge in [-0.2, -0.15) is 51.8 Å². The van der Waals surface area contributed by atoms with Crippen molar-refractivity contribution in [2.75, 3.05) is 6.61 Å². The fourth-order valence-corrected chi connectivity index (χ4v) is 5.79. The van der Waals surface area contributed by atoms with Gasteiger partial charge in [0.1, 0.15) is 5.75 Å². The number of carbonyl (C=O) groups excluding carboxylic acids is 1. The third kappa shape index (κ3) is 6.83. The third-order valence-electron chi connectivity index (χ3n) is 6.19. The Balaban J connectivity index is 3.22. The lowest BCUT2D eigenvalue weighted by molar-refractivity contribution is -0.246. The monoisotopic (exact) mass is 704 g/mol. The number of benzene rings is 1. The smallest absolute Gasteiger partial charge is 0.511 e. The Bertz CT molecular complexity index is 1520. The van der Waals surface area contributed by atoms with Crippen molar-refractivity contribution in [1.82, 2.24) is 3.87 Å². The van der Waals surface area contributed by atoms with E-state index in [0.29, 0.717) is 12.1 Å². The second-order valence-electron chi connectivity index (χ2n) is 10.2. The SMILES string of the molecule is CC(C)(C)C(C)(C)C(=O)OCCc1ccc(OS(=O)(=O)C(F)(F)C(F)(F)C(F)(F)S(=O)(=O)N([O-])S(=O)(=O)C(F)(F)F)cc1. The van der Waals surface area contributed by atoms with Gasteiger partial charge in [-0.25, -0.2) is 16.8 Å². The van der Waals surface area contributed by atoms with Gasteiger partial charge in [-0.05, 0) is 37.0 Å². The summed E-state index contributed by atoms with van der Waals surface area (Å²) in [4.78, 5) is 12.3. The van der Waals surface area contributed by atoms with E-state index < -0.39 is 78.5 Å². The van der Waals surface area contributed by atoms with E-state index in [1.165, 1.54) is 0 Å². The molecule has 0 spiro atoms. The lowest BCUT2D eigenvalue weighted by atomic mass is 9.69. The zero-order chi connectivity index (χ0) is 34.5. The number of rotatable bonds is 12. The summed E-state index contributed by atoms with van der Waals surface area (Å²) in [6.45, 7) is 8.32. The van der Waals surface area contributed by atoms with Gasteiger partial charge in [0, 0.05) is 6.42 Å². The van der Waals surface area contributed by atoms with Gasteiger partial charge < -0.3 is 14.1 Å². The summed E-state index contributed by atoms with van der Waals surface area (Å²) in [6.07, 6.45) is -0.0656. The first kappa shape index (κ1) is 38.7. The topological polar surface area (TPSA) is 164 Å². The fourth-order valence-electron chi connectivity index (χ4n) is 2.43. The summed E-state index contributed by atoms with van der Waals surface area (Å²) < 4.78 is 195. The van der Waals surface area contributed by atoms with Gasteiger partial charge in [-0.15, -0.1) is 0 Å². The highest BCUT2D eigenvalue weighted by Gasteiger charge is 2.84. The Morgan fingerprint density at radius 2 is 1.21 bits per heavy atom. The van der Waals surface area contributed by atoms with Crippen LogP contribution in [0.1, 0.15) is 40.2 Å². The van der Waals surface area contributed by atoms with E-state index >= 15 is 0 Å². The summed E-state index contributed by atoms with van der Waals surface area (Å²) in [5.74, 6) is -9.64. The number of esters is 1. The van der Waals surface area contributed by atoms with Crippen LogP contribution in [0.5, 0.6) is 5.75 Å². The quantitative estimate of drug-likeness (QED) is 0.132. The molecule has 0 aromatic heterocycles. The average molecular weight is 705 g/mol. The van der Waals surface area contributed by atoms with E-state index in [2.05, 4.69) is 4.18 Å². The van der Waals surface area contributed by atoms with Gasteiger partial charge in [-0.1, -0.05) is 32.9 Å². The van der Waals surface area contributed by atoms with E-state index in [1.807, 2.05) is 0 Å². The van der Waals surface area contributed by atoms with Crippen molar-refractivity contribution in [2.24, 2.45) is 10.8 Å². The van der Waals surface area contributed by atoms with Crippen LogP contribution in [0.2, 0.25) is 0 Å². The molecule has 0 saturated carbocycles. The predicted molar refractivity (Wildman–Crippen MR) is 128 cm³/mol. The average Bonchev–Trinajstić information content (AvgIpc) is 2.82. The second-order valence-corrected chi connectivity index (χ2v) is 15.5. The molecule has 0 atom stereocenters. The van der Waals surface area contributed by atoms with E-state index in [9.17, 15) is 74.8 Å². The number of alkyl halides is 9. The molecule has 1 rings (SSSR count). The number of ether oxygens (including phenoxy) is 1. The van der Waals surface area contributed by atoms with E-state index in [1.54, 1.807) is 34.6 Å². The molecule has 1 aromatic rings. The second kappa shape index (κ2) is 11.5. The van der Waals surface area contributed by atoms with Gasteiger partial charge in [0.05, 0.1) is 12.0 Å². The van der Waals surface area contributed by atoms with Crippen molar-refractivity contribution in [3.63, 3.8) is 0 Å². The molecule has 23 heteroatoms. The highest BCUT2D eigenvalue weighted by molar-refractivity contribution is 8.05. The molecule has 0 bridgehead atoms. The summed E-state index contributed by atoms with van der Waals surface area (Å²) in [5.41, 5.74) is -8.21. The number of sulfonamides is 2. The highest BCUT2D eigenvalue weighted by Crippen LogP contribution is 2.52. The van der Waals surface area contributed by atoms with Crippen molar-refractivity contribution in [2.45, 2.75) is 63.0 Å². The van der Waals surface area contributed by atoms with Crippen LogP contribution < -0.4 is 4.18 Å². The van der Waals surface area contributed by atoms with Crippen LogP contribution in [0.3, 0.4) is 0 Å². The Morgan fingerprint density at radius 3 is 1.60 bits per heavy atom. The van der Waals surface area contributed by atoms with Crippen molar-refractivity contribution in [1.29, 1.82) is 0 Å². The minimum absolute atomic E-state index is 0.0656. The maximum Gasteiger partial charge on any atom is 0.511 e. The fraction of sp³-hybridized carbons (Fsp3) is 0.650. The molecule has 0 amide bonds. The minimum Gasteiger partial charge on any atom is -0.759 e. The van der Waals surface area contributed by atoms with E-state index in [4.69, 9.17) is 4.74 Å². The van der Waals surface area contributed by atoms with Crippen molar-refractivity contribution < 1.29 is 78.5 Å². The molecular formula is C20H23F9NO10S3-. The number of carbonyl (C=O) groups is 1. The van der Waals surface area contributed by atoms with E-state index in [-0.39, 0.29) is 18.6 Å². The van der Waals surface area contributed by atoms with Gasteiger partial charge in [0.25, 0.3) is 10.0 Å². The van der Waals surface area contributed by atoms with E-state index in [0.717, 1.165) is 12.1 Å². The molecule has 1 aromatic carbocycles. The minimum atomic E-state index is -8.44. The van der Waals surface area contributed by atoms with Crippen LogP contribution >= 0.6 is 0 Å². The zero-order valence-corrected chi connectivity index (χ0v) is 24.8. The number of halogens is 9. The summed E-state index contributed by atoms with van der Waals surface area (Å²) in [5, 5.41) is -4.00. The first-order valence-electron chi connectivity index (χ1n) is 11.1. The van der Waals surface area contributed by atoms with Gasteiger partial charge in [0.15, 0.2) is 0 Å². The largest absolute Gasteiger partial charge is 0.759 e. The molecule has 0 aliphatic rings. The molecule has 0 aliphatic carbocycles. The lowest BCUT2D eigenvalue weighted by Crippen LogP contribution is -2.64. The van der Waals surface area contributed by atoms with Crippen molar-refractivity contribution >= 4 is 36.1 Å². The molecule has 11 nitrogen and oxygen atoms in total. The van der Waals surface area contributed by atoms with Gasteiger partial charge in [-0.3, -0.25) is 4.79 Å². The lowest BCUT2D eigenvalue weighted by Gasteiger charge is -2.36. The van der Waals surface area contributed by atoms with Crippen molar-refractivity contribution in [3.05, 3.63) is 35.0 Å². The molecule has 0 fully saturated rings. The Hall–Kier alpha value is -2.37. The van der Waals surface area contributed by atoms with Gasteiger partial charge in [0.2, 0.25) is 0 Å². The maximum atomic E-state index is 14.2. The molecule has 0 radical (unpaired) electrons. The Morgan fingerprint density at radius 1 is 0.767 bits per heavy atom. The number of nitrogens with zero attached hydrogens (tertiary/aromatic N) is 1. The molecule has 0 unspecified atom stereocenters. The summed E-state index contributed by atoms with van der Waals surface area (Å²) in [7, 11) is -23.7. The summed E-state index contributed by atoms with van der Waals surface area (Å²) >= 11 is 0. The Labute approximate surface area is 239 Å². The van der Waals surface area contributed by atoms with Crippen LogP contribution in [-0.4, -0.2) is 63.6 Å². The number of hydrogen-bond donors (Lipinski definition) is 0. The standard InChI is InChI=1S/C20H23F9NO10S3/c1-15(2,3)16(4,5)14(31)39-11-10-12-6-8-13(9-7-12)40-43(37,38)19(25,26)17(21,22)18(23,24)41(33,34)30(32)42(35,36)20(27,28)29/h6-9H,10-11H2,1-5H3/q-1. The molecule has 43 heavy (non-hydrogen) atoms. The normalized spacial score (nSPS) is 15.0. The zero-order valence-electron chi connectivity index (χ0n) is 22.4. The third-order valence-corrected chi connectivity index (χ3v) is 10.9. The van der Waals surface area contributed by atoms with Crippen LogP contribution in [-0.2, 0) is 46.1 Å². The molecular weight excluding hydrogens is 681 g/mol. The first-order valence-corrected chi connectivity index (χ1v) is 15.4. The molecule has 0 N–H and O–H groups in total. The molecule has 0 saturated heterocycles. The summed E-state index contributed by atoms with van der Waals surface area (Å²) in [6, 6.07) is 2.93. The molecule has 0 heterocycles. The van der Waals surface area contributed by atoms with Crippen LogP contribution in [0, 0.1) is 16.0 Å². The predicted octanol–water partition coefficient (Wildman–Crippen LogP) is 4.35. The van der Waals surface area contributed by atoms with Crippen LogP contribution in [0.25, 0.3) is 0 Å². The van der Waals surface area contributed by atoms with Crippen molar-refractivity contribution in [3.8, 4) is 5.75 Å². The Kier molecular flexibility index (Phi) is 10.4. The maximum absolute atomic E-state index is 14.2.